The summed E-state index contributed by atoms with van der Waals surface area (Å²) in [5, 5.41) is 4.40. The van der Waals surface area contributed by atoms with Gasteiger partial charge in [-0.3, -0.25) is 0 Å². The van der Waals surface area contributed by atoms with Gasteiger partial charge in [0.25, 0.3) is 0 Å². The number of thiophene rings is 1. The van der Waals surface area contributed by atoms with Gasteiger partial charge in [-0.05, 0) is 36.8 Å². The molecule has 5 nitrogen and oxygen atoms in total. The molecule has 1 N–H and O–H groups in total. The number of anilines is 2. The number of benzene rings is 1. The van der Waals surface area contributed by atoms with Gasteiger partial charge in [0.05, 0.1) is 18.1 Å². The van der Waals surface area contributed by atoms with E-state index in [0.29, 0.717) is 5.56 Å². The molecule has 0 aliphatic heterocycles. The van der Waals surface area contributed by atoms with E-state index in [4.69, 9.17) is 14.7 Å². The van der Waals surface area contributed by atoms with E-state index in [2.05, 4.69) is 32.2 Å². The van der Waals surface area contributed by atoms with Gasteiger partial charge in [-0.15, -0.1) is 11.3 Å². The molecular weight excluding hydrogens is 334 g/mol. The standard InChI is InChI=1S/C19H21N3O2S/c1-5-14-10-15-17(21-16(11(2)3)22-18(15)25-14)20-13-8-6-12(7-9-13)19(23)24-4/h6-11H,5H2,1-4H3,(H,20,21,22). The number of hydrogen-bond donors (Lipinski definition) is 1. The predicted octanol–water partition coefficient (Wildman–Crippen LogP) is 4.91. The van der Waals surface area contributed by atoms with E-state index in [1.807, 2.05) is 12.1 Å². The van der Waals surface area contributed by atoms with Crippen LogP contribution in [0.3, 0.4) is 0 Å². The molecule has 3 aromatic rings. The first-order valence-electron chi connectivity index (χ1n) is 8.27. The van der Waals surface area contributed by atoms with Crippen molar-refractivity contribution >= 4 is 39.0 Å². The fraction of sp³-hybridized carbons (Fsp3) is 0.316. The lowest BCUT2D eigenvalue weighted by Gasteiger charge is -2.11. The van der Waals surface area contributed by atoms with Crippen LogP contribution in [0.4, 0.5) is 11.5 Å². The molecule has 25 heavy (non-hydrogen) atoms. The molecule has 0 spiro atoms. The van der Waals surface area contributed by atoms with Gasteiger partial charge in [0.1, 0.15) is 16.5 Å². The fourth-order valence-corrected chi connectivity index (χ4v) is 3.43. The normalized spacial score (nSPS) is 11.1. The van der Waals surface area contributed by atoms with Crippen LogP contribution in [0.1, 0.15) is 47.7 Å². The maximum atomic E-state index is 11.6. The van der Waals surface area contributed by atoms with Crippen molar-refractivity contribution in [1.29, 1.82) is 0 Å². The van der Waals surface area contributed by atoms with Crippen molar-refractivity contribution in [2.24, 2.45) is 0 Å². The minimum Gasteiger partial charge on any atom is -0.465 e. The van der Waals surface area contributed by atoms with Gasteiger partial charge < -0.3 is 10.1 Å². The summed E-state index contributed by atoms with van der Waals surface area (Å²) in [7, 11) is 1.38. The summed E-state index contributed by atoms with van der Waals surface area (Å²) in [5.41, 5.74) is 1.39. The first-order chi connectivity index (χ1) is 12.0. The van der Waals surface area contributed by atoms with Crippen molar-refractivity contribution in [2.45, 2.75) is 33.1 Å². The molecule has 0 aliphatic rings. The molecule has 0 bridgehead atoms. The van der Waals surface area contributed by atoms with Crippen molar-refractivity contribution in [3.05, 3.63) is 46.6 Å². The van der Waals surface area contributed by atoms with E-state index in [9.17, 15) is 4.79 Å². The Morgan fingerprint density at radius 3 is 2.56 bits per heavy atom. The molecule has 130 valence electrons. The van der Waals surface area contributed by atoms with Gasteiger partial charge in [-0.2, -0.15) is 0 Å². The van der Waals surface area contributed by atoms with Crippen LogP contribution in [0.5, 0.6) is 0 Å². The zero-order chi connectivity index (χ0) is 18.0. The van der Waals surface area contributed by atoms with Crippen LogP contribution < -0.4 is 5.32 Å². The summed E-state index contributed by atoms with van der Waals surface area (Å²) in [6.07, 6.45) is 0.977. The van der Waals surface area contributed by atoms with Gasteiger partial charge >= 0.3 is 5.97 Å². The van der Waals surface area contributed by atoms with Gasteiger partial charge in [-0.1, -0.05) is 20.8 Å². The van der Waals surface area contributed by atoms with Crippen molar-refractivity contribution in [1.82, 2.24) is 9.97 Å². The Morgan fingerprint density at radius 1 is 1.24 bits per heavy atom. The molecule has 0 amide bonds. The third kappa shape index (κ3) is 3.64. The topological polar surface area (TPSA) is 64.1 Å². The molecule has 0 fully saturated rings. The molecule has 0 saturated carbocycles. The monoisotopic (exact) mass is 355 g/mol. The number of rotatable bonds is 5. The number of nitrogens with zero attached hydrogens (tertiary/aromatic N) is 2. The van der Waals surface area contributed by atoms with Crippen LogP contribution in [0, 0.1) is 0 Å². The number of esters is 1. The molecule has 2 heterocycles. The summed E-state index contributed by atoms with van der Waals surface area (Å²) < 4.78 is 4.73. The van der Waals surface area contributed by atoms with Crippen LogP contribution in [0.25, 0.3) is 10.2 Å². The molecule has 6 heteroatoms. The summed E-state index contributed by atoms with van der Waals surface area (Å²) in [6, 6.07) is 9.32. The van der Waals surface area contributed by atoms with Gasteiger partial charge in [0.15, 0.2) is 0 Å². The second-order valence-corrected chi connectivity index (χ2v) is 7.18. The molecule has 0 radical (unpaired) electrons. The Balaban J connectivity index is 1.99. The number of methoxy groups -OCH3 is 1. The van der Waals surface area contributed by atoms with Crippen molar-refractivity contribution in [2.75, 3.05) is 12.4 Å². The Kier molecular flexibility index (Phi) is 4.99. The SMILES string of the molecule is CCc1cc2c(Nc3ccc(C(=O)OC)cc3)nc(C(C)C)nc2s1. The average Bonchev–Trinajstić information content (AvgIpc) is 3.05. The van der Waals surface area contributed by atoms with E-state index in [1.165, 1.54) is 12.0 Å². The predicted molar refractivity (Wildman–Crippen MR) is 102 cm³/mol. The average molecular weight is 355 g/mol. The molecule has 2 aromatic heterocycles. The van der Waals surface area contributed by atoms with E-state index in [1.54, 1.807) is 23.5 Å². The van der Waals surface area contributed by atoms with Crippen molar-refractivity contribution in [3.63, 3.8) is 0 Å². The van der Waals surface area contributed by atoms with Crippen molar-refractivity contribution < 1.29 is 9.53 Å². The Morgan fingerprint density at radius 2 is 1.96 bits per heavy atom. The van der Waals surface area contributed by atoms with Gasteiger partial charge in [0.2, 0.25) is 0 Å². The van der Waals surface area contributed by atoms with E-state index >= 15 is 0 Å². The lowest BCUT2D eigenvalue weighted by Crippen LogP contribution is -2.03. The number of fused-ring (bicyclic) bond motifs is 1. The number of hydrogen-bond acceptors (Lipinski definition) is 6. The number of ether oxygens (including phenoxy) is 1. The van der Waals surface area contributed by atoms with Crippen LogP contribution in [-0.4, -0.2) is 23.0 Å². The minimum absolute atomic E-state index is 0.249. The third-order valence-electron chi connectivity index (χ3n) is 3.89. The van der Waals surface area contributed by atoms with Gasteiger partial charge in [0, 0.05) is 16.5 Å². The Bertz CT molecular complexity index is 901. The smallest absolute Gasteiger partial charge is 0.337 e. The minimum atomic E-state index is -0.344. The highest BCUT2D eigenvalue weighted by atomic mass is 32.1. The van der Waals surface area contributed by atoms with E-state index < -0.39 is 0 Å². The zero-order valence-corrected chi connectivity index (χ0v) is 15.6. The highest BCUT2D eigenvalue weighted by Crippen LogP contribution is 2.32. The summed E-state index contributed by atoms with van der Waals surface area (Å²) in [5.74, 6) is 1.53. The molecule has 0 atom stereocenters. The van der Waals surface area contributed by atoms with Gasteiger partial charge in [-0.25, -0.2) is 14.8 Å². The number of carbonyl (C=O) groups is 1. The maximum Gasteiger partial charge on any atom is 0.337 e. The lowest BCUT2D eigenvalue weighted by atomic mass is 10.2. The van der Waals surface area contributed by atoms with E-state index in [0.717, 1.165) is 34.0 Å². The van der Waals surface area contributed by atoms with Crippen LogP contribution in [0.15, 0.2) is 30.3 Å². The van der Waals surface area contributed by atoms with Crippen LogP contribution in [0.2, 0.25) is 0 Å². The number of carbonyl (C=O) groups excluding carboxylic acids is 1. The molecule has 0 aliphatic carbocycles. The lowest BCUT2D eigenvalue weighted by molar-refractivity contribution is 0.0601. The Hall–Kier alpha value is -2.47. The highest BCUT2D eigenvalue weighted by Gasteiger charge is 2.14. The van der Waals surface area contributed by atoms with Crippen molar-refractivity contribution in [3.8, 4) is 0 Å². The molecule has 0 saturated heterocycles. The number of aromatic nitrogens is 2. The number of aryl methyl sites for hydroxylation is 1. The first-order valence-corrected chi connectivity index (χ1v) is 9.09. The third-order valence-corrected chi connectivity index (χ3v) is 5.07. The molecule has 0 unspecified atom stereocenters. The van der Waals surface area contributed by atoms with Crippen LogP contribution in [-0.2, 0) is 11.2 Å². The molecular formula is C19H21N3O2S. The quantitative estimate of drug-likeness (QED) is 0.659. The molecule has 3 rings (SSSR count). The summed E-state index contributed by atoms with van der Waals surface area (Å²) >= 11 is 1.71. The molecule has 1 aromatic carbocycles. The maximum absolute atomic E-state index is 11.6. The summed E-state index contributed by atoms with van der Waals surface area (Å²) in [4.78, 5) is 23.3. The van der Waals surface area contributed by atoms with E-state index in [-0.39, 0.29) is 11.9 Å². The first kappa shape index (κ1) is 17.4. The second kappa shape index (κ2) is 7.19. The van der Waals surface area contributed by atoms with Crippen LogP contribution >= 0.6 is 11.3 Å². The number of nitrogens with one attached hydrogen (secondary N) is 1. The second-order valence-electron chi connectivity index (χ2n) is 6.06. The fourth-order valence-electron chi connectivity index (χ4n) is 2.46. The summed E-state index contributed by atoms with van der Waals surface area (Å²) in [6.45, 7) is 6.31. The zero-order valence-electron chi connectivity index (χ0n) is 14.8. The highest BCUT2D eigenvalue weighted by molar-refractivity contribution is 7.18. The largest absolute Gasteiger partial charge is 0.465 e. The Labute approximate surface area is 151 Å².